The molecule has 2 nitrogen and oxygen atoms in total. The van der Waals surface area contributed by atoms with Crippen LogP contribution in [0.1, 0.15) is 44.2 Å². The number of rotatable bonds is 9. The molecule has 0 atom stereocenters. The molecule has 0 N–H and O–H groups in total. The molecule has 0 aliphatic heterocycles. The van der Waals surface area contributed by atoms with Gasteiger partial charge < -0.3 is 9.47 Å². The summed E-state index contributed by atoms with van der Waals surface area (Å²) in [6.45, 7) is 13.9. The van der Waals surface area contributed by atoms with Crippen LogP contribution in [0, 0.1) is 0 Å². The predicted octanol–water partition coefficient (Wildman–Crippen LogP) is 9.03. The number of hydrogen-bond donors (Lipinski definition) is 0. The largest absolute Gasteiger partial charge is 0.462 e. The van der Waals surface area contributed by atoms with E-state index >= 15 is 0 Å². The molecule has 0 saturated carbocycles. The van der Waals surface area contributed by atoms with Crippen LogP contribution in [0.4, 0.5) is 0 Å². The highest BCUT2D eigenvalue weighted by molar-refractivity contribution is 9.25. The van der Waals surface area contributed by atoms with Crippen molar-refractivity contribution in [3.63, 3.8) is 0 Å². The average Bonchev–Trinajstić information content (AvgIpc) is 2.62. The Morgan fingerprint density at radius 1 is 0.828 bits per heavy atom. The maximum absolute atomic E-state index is 6.04. The summed E-state index contributed by atoms with van der Waals surface area (Å²) in [5.74, 6) is 1.72. The van der Waals surface area contributed by atoms with E-state index in [2.05, 4.69) is 108 Å². The first-order valence-electron chi connectivity index (χ1n) is 9.11. The summed E-state index contributed by atoms with van der Waals surface area (Å²) < 4.78 is 10.5. The maximum Gasteiger partial charge on any atom is 0.239 e. The van der Waals surface area contributed by atoms with Crippen LogP contribution in [-0.4, -0.2) is 6.84 Å². The Labute approximate surface area is 207 Å². The molecule has 0 aliphatic carbocycles. The van der Waals surface area contributed by atoms with Gasteiger partial charge in [0.1, 0.15) is 11.5 Å². The summed E-state index contributed by atoms with van der Waals surface area (Å²) in [6, 6.07) is 16.2. The van der Waals surface area contributed by atoms with E-state index in [-0.39, 0.29) is 5.92 Å². The third kappa shape index (κ3) is 6.71. The van der Waals surface area contributed by atoms with Gasteiger partial charge in [0.25, 0.3) is 0 Å². The van der Waals surface area contributed by atoms with E-state index < -0.39 is 6.84 Å². The highest BCUT2D eigenvalue weighted by Gasteiger charge is 2.27. The lowest BCUT2D eigenvalue weighted by atomic mass is 9.89. The Morgan fingerprint density at radius 3 is 1.52 bits per heavy atom. The zero-order valence-corrected chi connectivity index (χ0v) is 23.0. The zero-order valence-electron chi connectivity index (χ0n) is 16.6. The van der Waals surface area contributed by atoms with Crippen molar-refractivity contribution < 1.29 is 9.47 Å². The lowest BCUT2D eigenvalue weighted by Crippen LogP contribution is -2.21. The molecule has 0 aliphatic rings. The molecule has 0 spiro atoms. The minimum absolute atomic E-state index is 0.205. The molecule has 156 valence electrons. The fourth-order valence-electron chi connectivity index (χ4n) is 2.72. The fourth-order valence-corrected chi connectivity index (χ4v) is 3.47. The number of alkyl halides is 4. The SMILES string of the molecule is C=C(C)C(Br)(Br)Oc1cccc(C(CC)c2cccc(OC(Br)(Br)C(=C)C)c2)c1. The van der Waals surface area contributed by atoms with Crippen molar-refractivity contribution in [2.24, 2.45) is 0 Å². The fraction of sp³-hybridized carbons (Fsp3) is 0.304. The van der Waals surface area contributed by atoms with Gasteiger partial charge in [-0.1, -0.05) is 44.3 Å². The number of hydrogen-bond acceptors (Lipinski definition) is 2. The van der Waals surface area contributed by atoms with Gasteiger partial charge in [-0.05, 0) is 131 Å². The van der Waals surface area contributed by atoms with Crippen molar-refractivity contribution in [3.8, 4) is 11.5 Å². The van der Waals surface area contributed by atoms with Crippen molar-refractivity contribution in [2.45, 2.75) is 39.9 Å². The molecule has 0 radical (unpaired) electrons. The molecule has 0 amide bonds. The number of halogens is 4. The maximum atomic E-state index is 6.04. The molecule has 29 heavy (non-hydrogen) atoms. The van der Waals surface area contributed by atoms with Gasteiger partial charge in [-0.2, -0.15) is 0 Å². The van der Waals surface area contributed by atoms with Crippen molar-refractivity contribution in [2.75, 3.05) is 0 Å². The smallest absolute Gasteiger partial charge is 0.239 e. The summed E-state index contributed by atoms with van der Waals surface area (Å²) in [5.41, 5.74) is 3.99. The lowest BCUT2D eigenvalue weighted by Gasteiger charge is -2.25. The predicted molar refractivity (Wildman–Crippen MR) is 137 cm³/mol. The zero-order chi connectivity index (χ0) is 21.8. The van der Waals surface area contributed by atoms with Gasteiger partial charge in [-0.25, -0.2) is 0 Å². The Balaban J connectivity index is 2.32. The molecule has 0 heterocycles. The normalized spacial score (nSPS) is 12.0. The van der Waals surface area contributed by atoms with E-state index in [0.29, 0.717) is 0 Å². The minimum atomic E-state index is -0.786. The molecule has 0 aromatic heterocycles. The van der Waals surface area contributed by atoms with E-state index in [1.54, 1.807) is 0 Å². The van der Waals surface area contributed by atoms with Gasteiger partial charge in [-0.3, -0.25) is 0 Å². The van der Waals surface area contributed by atoms with Crippen molar-refractivity contribution in [1.29, 1.82) is 0 Å². The first-order valence-corrected chi connectivity index (χ1v) is 12.3. The summed E-state index contributed by atoms with van der Waals surface area (Å²) in [6.07, 6.45) is 0.940. The number of benzene rings is 2. The first-order chi connectivity index (χ1) is 13.5. The Hall–Kier alpha value is -0.560. The number of ether oxygens (including phenoxy) is 2. The molecule has 6 heteroatoms. The van der Waals surface area contributed by atoms with Gasteiger partial charge in [0.05, 0.1) is 0 Å². The molecular weight excluding hydrogens is 628 g/mol. The van der Waals surface area contributed by atoms with Crippen LogP contribution in [0.25, 0.3) is 0 Å². The average molecular weight is 652 g/mol. The lowest BCUT2D eigenvalue weighted by molar-refractivity contribution is 0.304. The molecule has 0 saturated heterocycles. The van der Waals surface area contributed by atoms with Crippen LogP contribution in [0.15, 0.2) is 72.8 Å². The van der Waals surface area contributed by atoms with Crippen molar-refractivity contribution in [3.05, 3.63) is 84.0 Å². The van der Waals surface area contributed by atoms with Gasteiger partial charge in [0.2, 0.25) is 6.84 Å². The Kier molecular flexibility index (Phi) is 8.66. The summed E-state index contributed by atoms with van der Waals surface area (Å²) in [4.78, 5) is 0. The third-order valence-electron chi connectivity index (χ3n) is 4.41. The van der Waals surface area contributed by atoms with Crippen molar-refractivity contribution >= 4 is 63.7 Å². The van der Waals surface area contributed by atoms with E-state index in [9.17, 15) is 0 Å². The van der Waals surface area contributed by atoms with E-state index in [0.717, 1.165) is 29.1 Å². The molecular formula is C23H24Br4O2. The Morgan fingerprint density at radius 2 is 1.21 bits per heavy atom. The molecule has 0 bridgehead atoms. The third-order valence-corrected chi connectivity index (χ3v) is 7.77. The van der Waals surface area contributed by atoms with Crippen molar-refractivity contribution in [1.82, 2.24) is 0 Å². The van der Waals surface area contributed by atoms with Gasteiger partial charge >= 0.3 is 0 Å². The highest BCUT2D eigenvalue weighted by Crippen LogP contribution is 2.39. The topological polar surface area (TPSA) is 18.5 Å². The second-order valence-corrected chi connectivity index (χ2v) is 13.5. The van der Waals surface area contributed by atoms with Crippen LogP contribution in [0.2, 0.25) is 0 Å². The monoisotopic (exact) mass is 648 g/mol. The molecule has 2 rings (SSSR count). The van der Waals surface area contributed by atoms with E-state index in [1.165, 1.54) is 11.1 Å². The second kappa shape index (κ2) is 10.2. The minimum Gasteiger partial charge on any atom is -0.462 e. The Bertz CT molecular complexity index is 818. The van der Waals surface area contributed by atoms with Crippen LogP contribution < -0.4 is 9.47 Å². The van der Waals surface area contributed by atoms with Crippen LogP contribution in [-0.2, 0) is 0 Å². The summed E-state index contributed by atoms with van der Waals surface area (Å²) in [5, 5.41) is 0. The van der Waals surface area contributed by atoms with E-state index in [1.807, 2.05) is 38.1 Å². The van der Waals surface area contributed by atoms with Gasteiger partial charge in [0.15, 0.2) is 0 Å². The van der Waals surface area contributed by atoms with Crippen LogP contribution >= 0.6 is 63.7 Å². The summed E-state index contributed by atoms with van der Waals surface area (Å²) in [7, 11) is 0. The van der Waals surface area contributed by atoms with E-state index in [4.69, 9.17) is 9.47 Å². The summed E-state index contributed by atoms with van der Waals surface area (Å²) >= 11 is 14.1. The van der Waals surface area contributed by atoms with Gasteiger partial charge in [-0.15, -0.1) is 0 Å². The molecule has 2 aromatic carbocycles. The second-order valence-electron chi connectivity index (χ2n) is 6.90. The molecule has 0 fully saturated rings. The van der Waals surface area contributed by atoms with Crippen LogP contribution in [0.3, 0.4) is 0 Å². The van der Waals surface area contributed by atoms with Crippen LogP contribution in [0.5, 0.6) is 11.5 Å². The van der Waals surface area contributed by atoms with Gasteiger partial charge in [0, 0.05) is 5.92 Å². The molecule has 2 aromatic rings. The molecule has 0 unspecified atom stereocenters. The first kappa shape index (κ1) is 24.7. The quantitative estimate of drug-likeness (QED) is 0.199. The highest BCUT2D eigenvalue weighted by atomic mass is 79.9. The standard InChI is InChI=1S/C23H24Br4O2/c1-6-21(17-9-7-11-19(13-17)28-22(24,25)15(2)3)18-10-8-12-20(14-18)29-23(26,27)16(4)5/h7-14,21H,2,4,6H2,1,3,5H3.